The number of hydrogen-bond donors (Lipinski definition) is 1. The number of carbonyl (C=O) groups is 1. The van der Waals surface area contributed by atoms with E-state index in [4.69, 9.17) is 4.74 Å². The van der Waals surface area contributed by atoms with E-state index in [2.05, 4.69) is 27.3 Å². The second kappa shape index (κ2) is 8.76. The fourth-order valence-electron chi connectivity index (χ4n) is 3.62. The fourth-order valence-corrected chi connectivity index (χ4v) is 4.86. The number of nitrogens with one attached hydrogen (secondary N) is 1. The van der Waals surface area contributed by atoms with Gasteiger partial charge in [-0.2, -0.15) is 0 Å². The Morgan fingerprint density at radius 3 is 2.59 bits per heavy atom. The van der Waals surface area contributed by atoms with Crippen molar-refractivity contribution >= 4 is 29.2 Å². The van der Waals surface area contributed by atoms with Crippen molar-refractivity contribution in [2.24, 2.45) is 0 Å². The number of amides is 1. The van der Waals surface area contributed by atoms with Gasteiger partial charge in [-0.05, 0) is 49.2 Å². The molecule has 1 saturated heterocycles. The summed E-state index contributed by atoms with van der Waals surface area (Å²) in [5, 5.41) is 3.76. The van der Waals surface area contributed by atoms with Gasteiger partial charge in [0.25, 0.3) is 5.91 Å². The smallest absolute Gasteiger partial charge is 0.259 e. The Morgan fingerprint density at radius 1 is 1.11 bits per heavy atom. The lowest BCUT2D eigenvalue weighted by Gasteiger charge is -2.29. The largest absolute Gasteiger partial charge is 0.378 e. The topological polar surface area (TPSA) is 54.5 Å². The van der Waals surface area contributed by atoms with Gasteiger partial charge >= 0.3 is 0 Å². The Kier molecular flexibility index (Phi) is 5.94. The van der Waals surface area contributed by atoms with Crippen LogP contribution in [-0.4, -0.2) is 42.4 Å². The van der Waals surface area contributed by atoms with Crippen molar-refractivity contribution in [3.05, 3.63) is 48.2 Å². The Balaban J connectivity index is 1.43. The van der Waals surface area contributed by atoms with Gasteiger partial charge in [-0.3, -0.25) is 4.79 Å². The van der Waals surface area contributed by atoms with Crippen LogP contribution in [-0.2, 0) is 4.74 Å². The van der Waals surface area contributed by atoms with Crippen LogP contribution in [0.15, 0.2) is 47.5 Å². The molecule has 0 radical (unpaired) electrons. The van der Waals surface area contributed by atoms with E-state index in [1.54, 1.807) is 12.3 Å². The van der Waals surface area contributed by atoms with Crippen LogP contribution in [0.5, 0.6) is 0 Å². The first kappa shape index (κ1) is 18.3. The standard InChI is InChI=1S/C21H25N3O2S/c25-21(19-6-3-11-22-20(19)24-12-14-26-15-13-24)23-16-7-9-18(10-8-16)27-17-4-1-2-5-17/h3,6-11,17H,1-2,4-5,12-15H2,(H,23,25). The molecule has 0 bridgehead atoms. The van der Waals surface area contributed by atoms with Crippen molar-refractivity contribution in [1.82, 2.24) is 4.98 Å². The predicted octanol–water partition coefficient (Wildman–Crippen LogP) is 4.21. The Labute approximate surface area is 164 Å². The second-order valence-electron chi connectivity index (χ2n) is 6.98. The van der Waals surface area contributed by atoms with E-state index in [0.29, 0.717) is 18.8 Å². The average molecular weight is 384 g/mol. The van der Waals surface area contributed by atoms with Crippen LogP contribution in [0, 0.1) is 0 Å². The maximum atomic E-state index is 12.8. The summed E-state index contributed by atoms with van der Waals surface area (Å²) in [7, 11) is 0. The summed E-state index contributed by atoms with van der Waals surface area (Å²) in [6.07, 6.45) is 7.06. The highest BCUT2D eigenvalue weighted by Crippen LogP contribution is 2.35. The van der Waals surface area contributed by atoms with Gasteiger partial charge in [0.05, 0.1) is 18.8 Å². The molecule has 142 valence electrons. The van der Waals surface area contributed by atoms with Crippen molar-refractivity contribution < 1.29 is 9.53 Å². The molecule has 4 rings (SSSR count). The molecule has 1 aromatic heterocycles. The van der Waals surface area contributed by atoms with Gasteiger partial charge in [0.1, 0.15) is 5.82 Å². The minimum absolute atomic E-state index is 0.124. The minimum Gasteiger partial charge on any atom is -0.378 e. The van der Waals surface area contributed by atoms with E-state index in [-0.39, 0.29) is 5.91 Å². The predicted molar refractivity (Wildman–Crippen MR) is 110 cm³/mol. The van der Waals surface area contributed by atoms with Gasteiger partial charge in [-0.15, -0.1) is 11.8 Å². The molecule has 1 N–H and O–H groups in total. The molecule has 27 heavy (non-hydrogen) atoms. The van der Waals surface area contributed by atoms with Crippen LogP contribution in [0.4, 0.5) is 11.5 Å². The number of benzene rings is 1. The Morgan fingerprint density at radius 2 is 1.85 bits per heavy atom. The Hall–Kier alpha value is -2.05. The molecule has 2 heterocycles. The maximum Gasteiger partial charge on any atom is 0.259 e. The van der Waals surface area contributed by atoms with E-state index < -0.39 is 0 Å². The average Bonchev–Trinajstić information content (AvgIpc) is 3.23. The summed E-state index contributed by atoms with van der Waals surface area (Å²) >= 11 is 1.96. The van der Waals surface area contributed by atoms with Crippen molar-refractivity contribution in [2.45, 2.75) is 35.8 Å². The van der Waals surface area contributed by atoms with Gasteiger partial charge in [-0.1, -0.05) is 12.8 Å². The van der Waals surface area contributed by atoms with E-state index in [0.717, 1.165) is 29.8 Å². The molecule has 0 unspecified atom stereocenters. The molecular formula is C21H25N3O2S. The summed E-state index contributed by atoms with van der Waals surface area (Å²) in [6, 6.07) is 11.8. The van der Waals surface area contributed by atoms with Crippen LogP contribution >= 0.6 is 11.8 Å². The molecule has 1 saturated carbocycles. The third-order valence-corrected chi connectivity index (χ3v) is 6.41. The molecule has 6 heteroatoms. The maximum absolute atomic E-state index is 12.8. The summed E-state index contributed by atoms with van der Waals surface area (Å²) < 4.78 is 5.40. The zero-order valence-electron chi connectivity index (χ0n) is 15.4. The number of rotatable bonds is 5. The zero-order chi connectivity index (χ0) is 18.5. The number of morpholine rings is 1. The monoisotopic (exact) mass is 383 g/mol. The van der Waals surface area contributed by atoms with E-state index in [9.17, 15) is 4.79 Å². The van der Waals surface area contributed by atoms with Crippen LogP contribution in [0.3, 0.4) is 0 Å². The third-order valence-electron chi connectivity index (χ3n) is 5.06. The Bertz CT molecular complexity index is 769. The first-order chi connectivity index (χ1) is 13.3. The summed E-state index contributed by atoms with van der Waals surface area (Å²) in [5.74, 6) is 0.604. The third kappa shape index (κ3) is 4.62. The molecule has 0 spiro atoms. The molecule has 2 aromatic rings. The van der Waals surface area contributed by atoms with Crippen LogP contribution in [0.25, 0.3) is 0 Å². The molecule has 2 aliphatic rings. The molecule has 5 nitrogen and oxygen atoms in total. The quantitative estimate of drug-likeness (QED) is 0.838. The zero-order valence-corrected chi connectivity index (χ0v) is 16.2. The number of thioether (sulfide) groups is 1. The highest BCUT2D eigenvalue weighted by Gasteiger charge is 2.20. The van der Waals surface area contributed by atoms with Gasteiger partial charge in [0.15, 0.2) is 0 Å². The lowest BCUT2D eigenvalue weighted by atomic mass is 10.2. The van der Waals surface area contributed by atoms with Gasteiger partial charge in [-0.25, -0.2) is 4.98 Å². The number of carbonyl (C=O) groups excluding carboxylic acids is 1. The SMILES string of the molecule is O=C(Nc1ccc(SC2CCCC2)cc1)c1cccnc1N1CCOCC1. The number of nitrogens with zero attached hydrogens (tertiary/aromatic N) is 2. The number of anilines is 2. The lowest BCUT2D eigenvalue weighted by Crippen LogP contribution is -2.38. The van der Waals surface area contributed by atoms with Crippen LogP contribution in [0.2, 0.25) is 0 Å². The molecule has 0 atom stereocenters. The van der Waals surface area contributed by atoms with Gasteiger partial charge in [0, 0.05) is 35.1 Å². The first-order valence-electron chi connectivity index (χ1n) is 9.65. The van der Waals surface area contributed by atoms with Crippen LogP contribution < -0.4 is 10.2 Å². The molecular weight excluding hydrogens is 358 g/mol. The summed E-state index contributed by atoms with van der Waals surface area (Å²) in [6.45, 7) is 2.84. The summed E-state index contributed by atoms with van der Waals surface area (Å²) in [5.41, 5.74) is 1.41. The van der Waals surface area contributed by atoms with Gasteiger partial charge < -0.3 is 15.0 Å². The van der Waals surface area contributed by atoms with Crippen molar-refractivity contribution in [3.8, 4) is 0 Å². The number of hydrogen-bond acceptors (Lipinski definition) is 5. The normalized spacial score (nSPS) is 17.9. The van der Waals surface area contributed by atoms with E-state index in [1.165, 1.54) is 30.6 Å². The van der Waals surface area contributed by atoms with Crippen molar-refractivity contribution in [3.63, 3.8) is 0 Å². The van der Waals surface area contributed by atoms with E-state index >= 15 is 0 Å². The molecule has 1 aliphatic heterocycles. The highest BCUT2D eigenvalue weighted by molar-refractivity contribution is 8.00. The molecule has 2 fully saturated rings. The molecule has 1 amide bonds. The van der Waals surface area contributed by atoms with Crippen LogP contribution in [0.1, 0.15) is 36.0 Å². The van der Waals surface area contributed by atoms with Crippen molar-refractivity contribution in [1.29, 1.82) is 0 Å². The fraction of sp³-hybridized carbons (Fsp3) is 0.429. The molecule has 1 aliphatic carbocycles. The molecule has 1 aromatic carbocycles. The number of ether oxygens (including phenoxy) is 1. The summed E-state index contributed by atoms with van der Waals surface area (Å²) in [4.78, 5) is 20.7. The van der Waals surface area contributed by atoms with Gasteiger partial charge in [0.2, 0.25) is 0 Å². The van der Waals surface area contributed by atoms with E-state index in [1.807, 2.05) is 30.0 Å². The minimum atomic E-state index is -0.124. The second-order valence-corrected chi connectivity index (χ2v) is 8.35. The number of aromatic nitrogens is 1. The van der Waals surface area contributed by atoms with Crippen molar-refractivity contribution in [2.75, 3.05) is 36.5 Å². The number of pyridine rings is 1. The lowest BCUT2D eigenvalue weighted by molar-refractivity contribution is 0.102. The highest BCUT2D eigenvalue weighted by atomic mass is 32.2. The first-order valence-corrected chi connectivity index (χ1v) is 10.5.